The van der Waals surface area contributed by atoms with E-state index in [2.05, 4.69) is 20.4 Å². The fraction of sp³-hybridized carbons (Fsp3) is 0.560. The van der Waals surface area contributed by atoms with Gasteiger partial charge < -0.3 is 19.6 Å². The molecule has 2 saturated heterocycles. The molecule has 11 heteroatoms. The van der Waals surface area contributed by atoms with E-state index < -0.39 is 0 Å². The first-order valence-electron chi connectivity index (χ1n) is 12.5. The lowest BCUT2D eigenvalue weighted by molar-refractivity contribution is -0.131. The van der Waals surface area contributed by atoms with Crippen molar-refractivity contribution in [2.24, 2.45) is 0 Å². The Hall–Kier alpha value is -2.98. The Morgan fingerprint density at radius 3 is 2.22 bits per heavy atom. The minimum atomic E-state index is -0.143. The number of carbonyl (C=O) groups is 3. The lowest BCUT2D eigenvalue weighted by atomic mass is 10.1. The Bertz CT molecular complexity index is 1010. The van der Waals surface area contributed by atoms with Crippen LogP contribution in [0.5, 0.6) is 0 Å². The molecule has 196 valence electrons. The highest BCUT2D eigenvalue weighted by molar-refractivity contribution is 5.95. The summed E-state index contributed by atoms with van der Waals surface area (Å²) in [5.41, 5.74) is 1.27. The summed E-state index contributed by atoms with van der Waals surface area (Å²) in [6.45, 7) is 6.36. The van der Waals surface area contributed by atoms with Crippen LogP contribution in [-0.4, -0.2) is 81.8 Å². The van der Waals surface area contributed by atoms with Gasteiger partial charge in [-0.3, -0.25) is 19.3 Å². The number of carbonyl (C=O) groups excluding carboxylic acids is 3. The van der Waals surface area contributed by atoms with Crippen LogP contribution < -0.4 is 5.32 Å². The van der Waals surface area contributed by atoms with Crippen molar-refractivity contribution in [3.8, 4) is 0 Å². The molecule has 0 spiro atoms. The predicted octanol–water partition coefficient (Wildman–Crippen LogP) is 2.74. The zero-order chi connectivity index (χ0) is 24.6. The van der Waals surface area contributed by atoms with Gasteiger partial charge in [0, 0.05) is 70.3 Å². The van der Waals surface area contributed by atoms with Gasteiger partial charge in [-0.2, -0.15) is 4.98 Å². The molecule has 2 aliphatic rings. The van der Waals surface area contributed by atoms with E-state index >= 15 is 0 Å². The smallest absolute Gasteiger partial charge is 0.253 e. The minimum Gasteiger partial charge on any atom is -0.343 e. The molecule has 0 radical (unpaired) electrons. The first-order chi connectivity index (χ1) is 17.0. The number of benzene rings is 1. The Morgan fingerprint density at radius 1 is 0.917 bits per heavy atom. The quantitative estimate of drug-likeness (QED) is 0.599. The van der Waals surface area contributed by atoms with Gasteiger partial charge in [-0.15, -0.1) is 12.4 Å². The van der Waals surface area contributed by atoms with E-state index in [1.807, 2.05) is 9.80 Å². The molecule has 0 aliphatic carbocycles. The van der Waals surface area contributed by atoms with Gasteiger partial charge in [-0.25, -0.2) is 0 Å². The molecule has 2 aromatic rings. The number of likely N-dealkylation sites (tertiary alicyclic amines) is 1. The molecule has 3 heterocycles. The maximum atomic E-state index is 12.8. The molecule has 10 nitrogen and oxygen atoms in total. The topological polar surface area (TPSA) is 112 Å². The van der Waals surface area contributed by atoms with Gasteiger partial charge in [0.05, 0.1) is 6.54 Å². The van der Waals surface area contributed by atoms with E-state index in [9.17, 15) is 14.4 Å². The van der Waals surface area contributed by atoms with E-state index in [-0.39, 0.29) is 30.1 Å². The largest absolute Gasteiger partial charge is 0.343 e. The molecule has 4 rings (SSSR count). The summed E-state index contributed by atoms with van der Waals surface area (Å²) < 4.78 is 5.37. The number of halogens is 1. The number of amides is 3. The maximum Gasteiger partial charge on any atom is 0.253 e. The molecule has 0 saturated carbocycles. The second-order valence-electron chi connectivity index (χ2n) is 9.23. The summed E-state index contributed by atoms with van der Waals surface area (Å²) in [6.07, 6.45) is 5.43. The highest BCUT2D eigenvalue weighted by Gasteiger charge is 2.23. The van der Waals surface area contributed by atoms with Crippen LogP contribution in [0.3, 0.4) is 0 Å². The lowest BCUT2D eigenvalue weighted by Gasteiger charge is -2.34. The van der Waals surface area contributed by atoms with Crippen LogP contribution in [0, 0.1) is 0 Å². The summed E-state index contributed by atoms with van der Waals surface area (Å²) in [5, 5.41) is 6.79. The van der Waals surface area contributed by atoms with E-state index in [0.29, 0.717) is 68.5 Å². The van der Waals surface area contributed by atoms with Crippen LogP contribution in [0.25, 0.3) is 0 Å². The van der Waals surface area contributed by atoms with E-state index in [1.54, 1.807) is 24.3 Å². The second-order valence-corrected chi connectivity index (χ2v) is 9.23. The van der Waals surface area contributed by atoms with Crippen molar-refractivity contribution in [2.75, 3.05) is 44.6 Å². The van der Waals surface area contributed by atoms with Crippen molar-refractivity contribution >= 4 is 35.8 Å². The number of hydrogen-bond acceptors (Lipinski definition) is 7. The number of nitrogens with zero attached hydrogens (tertiary/aromatic N) is 5. The van der Waals surface area contributed by atoms with Crippen LogP contribution in [0.15, 0.2) is 28.8 Å². The van der Waals surface area contributed by atoms with Crippen LogP contribution in [0.2, 0.25) is 0 Å². The number of hydrogen-bond donors (Lipinski definition) is 1. The molecule has 1 aromatic heterocycles. The van der Waals surface area contributed by atoms with Crippen LogP contribution in [-0.2, 0) is 22.6 Å². The van der Waals surface area contributed by atoms with Crippen molar-refractivity contribution in [1.82, 2.24) is 24.8 Å². The maximum absolute atomic E-state index is 12.8. The van der Waals surface area contributed by atoms with Crippen molar-refractivity contribution in [2.45, 2.75) is 52.0 Å². The van der Waals surface area contributed by atoms with Gasteiger partial charge >= 0.3 is 0 Å². The summed E-state index contributed by atoms with van der Waals surface area (Å²) in [5.74, 6) is 1.11. The molecule has 0 unspecified atom stereocenters. The average molecular weight is 519 g/mol. The number of piperazine rings is 1. The number of rotatable bonds is 7. The predicted molar refractivity (Wildman–Crippen MR) is 137 cm³/mol. The molecule has 0 atom stereocenters. The third-order valence-corrected chi connectivity index (χ3v) is 6.50. The van der Waals surface area contributed by atoms with Crippen LogP contribution >= 0.6 is 12.4 Å². The van der Waals surface area contributed by atoms with Gasteiger partial charge in [-0.1, -0.05) is 18.0 Å². The second kappa shape index (κ2) is 13.4. The number of aryl methyl sites for hydroxylation is 1. The van der Waals surface area contributed by atoms with Gasteiger partial charge in [0.15, 0.2) is 5.82 Å². The van der Waals surface area contributed by atoms with Gasteiger partial charge in [0.25, 0.3) is 5.91 Å². The molecule has 0 bridgehead atoms. The normalized spacial score (nSPS) is 16.7. The highest BCUT2D eigenvalue weighted by Crippen LogP contribution is 2.15. The third-order valence-electron chi connectivity index (χ3n) is 6.50. The first-order valence-corrected chi connectivity index (χ1v) is 12.5. The SMILES string of the molecule is CC(=O)Nc1ccc(C(=O)N2CCN(Cc3noc(CCC(=O)N4CCCCCC4)n3)CC2)cc1.Cl. The molecule has 36 heavy (non-hydrogen) atoms. The monoisotopic (exact) mass is 518 g/mol. The van der Waals surface area contributed by atoms with Crippen molar-refractivity contribution in [3.63, 3.8) is 0 Å². The molecule has 1 aromatic carbocycles. The van der Waals surface area contributed by atoms with Crippen LogP contribution in [0.1, 0.15) is 61.1 Å². The average Bonchev–Trinajstić information content (AvgIpc) is 3.12. The summed E-state index contributed by atoms with van der Waals surface area (Å²) >= 11 is 0. The fourth-order valence-electron chi connectivity index (χ4n) is 4.54. The Kier molecular flexibility index (Phi) is 10.2. The molecular formula is C25H35ClN6O4. The highest BCUT2D eigenvalue weighted by atomic mass is 35.5. The van der Waals surface area contributed by atoms with Gasteiger partial charge in [0.1, 0.15) is 0 Å². The number of nitrogens with one attached hydrogen (secondary N) is 1. The zero-order valence-corrected chi connectivity index (χ0v) is 21.6. The van der Waals surface area contributed by atoms with Crippen molar-refractivity contribution < 1.29 is 18.9 Å². The summed E-state index contributed by atoms with van der Waals surface area (Å²) in [4.78, 5) is 46.9. The standard InChI is InChI=1S/C25H34N6O4.ClH/c1-19(32)26-21-8-6-20(7-9-21)25(34)31-16-14-29(15-17-31)18-22-27-23(35-28-22)10-11-24(33)30-12-4-2-3-5-13-30;/h6-9H,2-5,10-18H2,1H3,(H,26,32);1H. The van der Waals surface area contributed by atoms with E-state index in [1.165, 1.54) is 19.8 Å². The van der Waals surface area contributed by atoms with Gasteiger partial charge in [-0.05, 0) is 37.1 Å². The zero-order valence-electron chi connectivity index (χ0n) is 20.8. The fourth-order valence-corrected chi connectivity index (χ4v) is 4.54. The Labute approximate surface area is 217 Å². The molecule has 2 fully saturated rings. The lowest BCUT2D eigenvalue weighted by Crippen LogP contribution is -2.48. The van der Waals surface area contributed by atoms with E-state index in [0.717, 1.165) is 25.9 Å². The number of aromatic nitrogens is 2. The molecule has 1 N–H and O–H groups in total. The Morgan fingerprint density at radius 2 is 1.58 bits per heavy atom. The molecule has 3 amide bonds. The van der Waals surface area contributed by atoms with Crippen molar-refractivity contribution in [1.29, 1.82) is 0 Å². The third kappa shape index (κ3) is 7.76. The van der Waals surface area contributed by atoms with Crippen molar-refractivity contribution in [3.05, 3.63) is 41.5 Å². The summed E-state index contributed by atoms with van der Waals surface area (Å²) in [6, 6.07) is 6.94. The van der Waals surface area contributed by atoms with Crippen LogP contribution in [0.4, 0.5) is 5.69 Å². The number of anilines is 1. The minimum absolute atomic E-state index is 0. The first kappa shape index (κ1) is 27.6. The van der Waals surface area contributed by atoms with Gasteiger partial charge in [0.2, 0.25) is 17.7 Å². The summed E-state index contributed by atoms with van der Waals surface area (Å²) in [7, 11) is 0. The van der Waals surface area contributed by atoms with E-state index in [4.69, 9.17) is 4.52 Å². The Balaban J connectivity index is 0.00000361. The molecular weight excluding hydrogens is 484 g/mol. The molecule has 2 aliphatic heterocycles.